The Morgan fingerprint density at radius 1 is 1.22 bits per heavy atom. The van der Waals surface area contributed by atoms with Crippen LogP contribution >= 0.6 is 0 Å². The lowest BCUT2D eigenvalue weighted by molar-refractivity contribution is 0.198. The van der Waals surface area contributed by atoms with Gasteiger partial charge in [-0.2, -0.15) is 5.10 Å². The van der Waals surface area contributed by atoms with Crippen molar-refractivity contribution < 1.29 is 0 Å². The van der Waals surface area contributed by atoms with E-state index in [1.807, 2.05) is 18.6 Å². The van der Waals surface area contributed by atoms with Gasteiger partial charge >= 0.3 is 0 Å². The Kier molecular flexibility index (Phi) is 3.37. The van der Waals surface area contributed by atoms with Gasteiger partial charge in [-0.3, -0.25) is 15.0 Å². The predicted octanol–water partition coefficient (Wildman–Crippen LogP) is 2.18. The minimum absolute atomic E-state index is 0.600. The molecule has 1 fully saturated rings. The zero-order valence-corrected chi connectivity index (χ0v) is 10.4. The molecule has 94 valence electrons. The molecule has 0 saturated carbocycles. The number of likely N-dealkylation sites (tertiary alicyclic amines) is 1. The van der Waals surface area contributed by atoms with E-state index in [0.717, 1.165) is 13.1 Å². The molecule has 4 nitrogen and oxygen atoms in total. The number of piperidine rings is 1. The highest BCUT2D eigenvalue weighted by atomic mass is 15.1. The molecule has 2 aromatic rings. The molecule has 0 radical (unpaired) electrons. The summed E-state index contributed by atoms with van der Waals surface area (Å²) in [5.41, 5.74) is 2.62. The van der Waals surface area contributed by atoms with E-state index in [2.05, 4.69) is 38.3 Å². The molecular formula is C14H18N4. The summed E-state index contributed by atoms with van der Waals surface area (Å²) in [4.78, 5) is 6.58. The number of hydrogen-bond donors (Lipinski definition) is 1. The molecule has 1 aliphatic heterocycles. The SMILES string of the molecule is c1cc(CN2CCCC(c3ccn[nH]3)C2)ccn1. The zero-order valence-electron chi connectivity index (χ0n) is 10.4. The number of pyridine rings is 1. The Hall–Kier alpha value is -1.68. The minimum Gasteiger partial charge on any atom is -0.298 e. The van der Waals surface area contributed by atoms with E-state index in [1.54, 1.807) is 0 Å². The lowest BCUT2D eigenvalue weighted by Gasteiger charge is -2.32. The Balaban J connectivity index is 1.64. The number of H-pyrrole nitrogens is 1. The molecule has 1 saturated heterocycles. The van der Waals surface area contributed by atoms with Crippen molar-refractivity contribution in [1.82, 2.24) is 20.1 Å². The molecule has 0 amide bonds. The summed E-state index contributed by atoms with van der Waals surface area (Å²) in [6.45, 7) is 3.32. The number of nitrogens with one attached hydrogen (secondary N) is 1. The van der Waals surface area contributed by atoms with Crippen molar-refractivity contribution in [2.24, 2.45) is 0 Å². The number of rotatable bonds is 3. The summed E-state index contributed by atoms with van der Waals surface area (Å²) in [5, 5.41) is 7.16. The molecule has 0 spiro atoms. The van der Waals surface area contributed by atoms with Gasteiger partial charge in [-0.1, -0.05) is 0 Å². The third-order valence-corrected chi connectivity index (χ3v) is 3.62. The van der Waals surface area contributed by atoms with Crippen LogP contribution in [0.3, 0.4) is 0 Å². The molecule has 2 aromatic heterocycles. The Morgan fingerprint density at radius 2 is 2.11 bits per heavy atom. The highest BCUT2D eigenvalue weighted by Crippen LogP contribution is 2.25. The fourth-order valence-electron chi connectivity index (χ4n) is 2.69. The van der Waals surface area contributed by atoms with Crippen molar-refractivity contribution in [3.05, 3.63) is 48.0 Å². The van der Waals surface area contributed by atoms with Gasteiger partial charge in [-0.05, 0) is 43.1 Å². The van der Waals surface area contributed by atoms with Gasteiger partial charge in [0.25, 0.3) is 0 Å². The Morgan fingerprint density at radius 3 is 2.89 bits per heavy atom. The number of aromatic amines is 1. The van der Waals surface area contributed by atoms with Gasteiger partial charge in [-0.15, -0.1) is 0 Å². The topological polar surface area (TPSA) is 44.8 Å². The molecule has 0 bridgehead atoms. The second-order valence-electron chi connectivity index (χ2n) is 4.94. The summed E-state index contributed by atoms with van der Waals surface area (Å²) in [6.07, 6.45) is 8.10. The summed E-state index contributed by atoms with van der Waals surface area (Å²) in [6, 6.07) is 6.29. The Labute approximate surface area is 107 Å². The number of nitrogens with zero attached hydrogens (tertiary/aromatic N) is 3. The van der Waals surface area contributed by atoms with Crippen molar-refractivity contribution in [2.45, 2.75) is 25.3 Å². The van der Waals surface area contributed by atoms with Crippen LogP contribution < -0.4 is 0 Å². The third kappa shape index (κ3) is 2.59. The first-order valence-corrected chi connectivity index (χ1v) is 6.52. The molecule has 18 heavy (non-hydrogen) atoms. The fraction of sp³-hybridized carbons (Fsp3) is 0.429. The molecule has 4 heteroatoms. The highest BCUT2D eigenvalue weighted by molar-refractivity contribution is 5.11. The highest BCUT2D eigenvalue weighted by Gasteiger charge is 2.22. The van der Waals surface area contributed by atoms with E-state index in [0.29, 0.717) is 5.92 Å². The van der Waals surface area contributed by atoms with Gasteiger partial charge in [0.2, 0.25) is 0 Å². The maximum atomic E-state index is 4.06. The smallest absolute Gasteiger partial charge is 0.0490 e. The van der Waals surface area contributed by atoms with Crippen molar-refractivity contribution in [3.63, 3.8) is 0 Å². The van der Waals surface area contributed by atoms with Gasteiger partial charge in [-0.25, -0.2) is 0 Å². The first-order chi connectivity index (χ1) is 8.92. The molecule has 3 heterocycles. The van der Waals surface area contributed by atoms with Crippen LogP contribution in [-0.2, 0) is 6.54 Å². The molecule has 0 aromatic carbocycles. The van der Waals surface area contributed by atoms with Gasteiger partial charge in [0.15, 0.2) is 0 Å². The van der Waals surface area contributed by atoms with Gasteiger partial charge < -0.3 is 0 Å². The number of aromatic nitrogens is 3. The van der Waals surface area contributed by atoms with Crippen LogP contribution in [-0.4, -0.2) is 33.2 Å². The van der Waals surface area contributed by atoms with Gasteiger partial charge in [0.05, 0.1) is 0 Å². The van der Waals surface area contributed by atoms with Crippen LogP contribution in [0.2, 0.25) is 0 Å². The maximum absolute atomic E-state index is 4.06. The van der Waals surface area contributed by atoms with E-state index in [4.69, 9.17) is 0 Å². The molecular weight excluding hydrogens is 224 g/mol. The summed E-state index contributed by atoms with van der Waals surface area (Å²) >= 11 is 0. The molecule has 1 aliphatic rings. The quantitative estimate of drug-likeness (QED) is 0.897. The average molecular weight is 242 g/mol. The minimum atomic E-state index is 0.600. The second kappa shape index (κ2) is 5.31. The van der Waals surface area contributed by atoms with E-state index in [1.165, 1.54) is 30.6 Å². The van der Waals surface area contributed by atoms with Crippen LogP contribution in [0.1, 0.15) is 30.0 Å². The van der Waals surface area contributed by atoms with Gasteiger partial charge in [0, 0.05) is 43.3 Å². The molecule has 3 rings (SSSR count). The second-order valence-corrected chi connectivity index (χ2v) is 4.94. The van der Waals surface area contributed by atoms with E-state index >= 15 is 0 Å². The van der Waals surface area contributed by atoms with Crippen molar-refractivity contribution >= 4 is 0 Å². The monoisotopic (exact) mass is 242 g/mol. The normalized spacial score (nSPS) is 21.0. The van der Waals surface area contributed by atoms with Gasteiger partial charge in [0.1, 0.15) is 0 Å². The van der Waals surface area contributed by atoms with Crippen LogP contribution in [0.4, 0.5) is 0 Å². The van der Waals surface area contributed by atoms with Crippen LogP contribution in [0.25, 0.3) is 0 Å². The van der Waals surface area contributed by atoms with Crippen molar-refractivity contribution in [1.29, 1.82) is 0 Å². The summed E-state index contributed by atoms with van der Waals surface area (Å²) < 4.78 is 0. The van der Waals surface area contributed by atoms with E-state index in [9.17, 15) is 0 Å². The maximum Gasteiger partial charge on any atom is 0.0490 e. The fourth-order valence-corrected chi connectivity index (χ4v) is 2.69. The largest absolute Gasteiger partial charge is 0.298 e. The van der Waals surface area contributed by atoms with E-state index in [-0.39, 0.29) is 0 Å². The van der Waals surface area contributed by atoms with Crippen LogP contribution in [0, 0.1) is 0 Å². The summed E-state index contributed by atoms with van der Waals surface area (Å²) in [5.74, 6) is 0.600. The first-order valence-electron chi connectivity index (χ1n) is 6.52. The molecule has 1 unspecified atom stereocenters. The standard InChI is InChI=1S/C14H18N4/c1-2-13(14-5-8-16-17-14)11-18(9-1)10-12-3-6-15-7-4-12/h3-8,13H,1-2,9-11H2,(H,16,17). The van der Waals surface area contributed by atoms with Crippen molar-refractivity contribution in [3.8, 4) is 0 Å². The first kappa shape index (κ1) is 11.4. The van der Waals surface area contributed by atoms with Crippen LogP contribution in [0.5, 0.6) is 0 Å². The zero-order chi connectivity index (χ0) is 12.2. The third-order valence-electron chi connectivity index (χ3n) is 3.62. The summed E-state index contributed by atoms with van der Waals surface area (Å²) in [7, 11) is 0. The lowest BCUT2D eigenvalue weighted by Crippen LogP contribution is -2.34. The Bertz CT molecular complexity index is 466. The lowest BCUT2D eigenvalue weighted by atomic mass is 9.94. The van der Waals surface area contributed by atoms with E-state index < -0.39 is 0 Å². The number of hydrogen-bond acceptors (Lipinski definition) is 3. The average Bonchev–Trinajstić information content (AvgIpc) is 2.94. The molecule has 1 atom stereocenters. The van der Waals surface area contributed by atoms with Crippen LogP contribution in [0.15, 0.2) is 36.8 Å². The molecule has 0 aliphatic carbocycles. The predicted molar refractivity (Wildman–Crippen MR) is 70.1 cm³/mol. The molecule has 1 N–H and O–H groups in total. The van der Waals surface area contributed by atoms with Crippen molar-refractivity contribution in [2.75, 3.05) is 13.1 Å².